The molecule has 0 amide bonds. The summed E-state index contributed by atoms with van der Waals surface area (Å²) in [5.74, 6) is -0.907. The van der Waals surface area contributed by atoms with E-state index in [1.807, 2.05) is 38.4 Å². The van der Waals surface area contributed by atoms with E-state index in [1.165, 1.54) is 0 Å². The van der Waals surface area contributed by atoms with Crippen molar-refractivity contribution in [3.05, 3.63) is 42.0 Å². The molecular weight excluding hydrogens is 302 g/mol. The molecule has 0 saturated heterocycles. The molecule has 0 unspecified atom stereocenters. The minimum atomic E-state index is -0.733. The molecule has 1 saturated carbocycles. The fraction of sp³-hybridized carbons (Fsp3) is 0.400. The minimum Gasteiger partial charge on any atom is -0.481 e. The Labute approximate surface area is 142 Å². The van der Waals surface area contributed by atoms with Crippen molar-refractivity contribution in [2.75, 3.05) is 19.0 Å². The van der Waals surface area contributed by atoms with Gasteiger partial charge in [0.25, 0.3) is 0 Å². The summed E-state index contributed by atoms with van der Waals surface area (Å²) >= 11 is 0. The number of rotatable bonds is 4. The van der Waals surface area contributed by atoms with Crippen molar-refractivity contribution < 1.29 is 14.7 Å². The van der Waals surface area contributed by atoms with E-state index in [9.17, 15) is 9.59 Å². The van der Waals surface area contributed by atoms with Crippen molar-refractivity contribution in [1.29, 1.82) is 0 Å². The Hall–Kier alpha value is -2.36. The van der Waals surface area contributed by atoms with Crippen molar-refractivity contribution in [2.24, 2.45) is 11.8 Å². The van der Waals surface area contributed by atoms with Crippen LogP contribution in [0.2, 0.25) is 0 Å². The fourth-order valence-corrected chi connectivity index (χ4v) is 3.50. The van der Waals surface area contributed by atoms with Gasteiger partial charge in [-0.15, -0.1) is 0 Å². The Morgan fingerprint density at radius 1 is 0.917 bits per heavy atom. The number of hydrogen-bond donors (Lipinski definition) is 1. The zero-order valence-electron chi connectivity index (χ0n) is 14.2. The van der Waals surface area contributed by atoms with Gasteiger partial charge in [-0.1, -0.05) is 18.2 Å². The summed E-state index contributed by atoms with van der Waals surface area (Å²) in [7, 11) is 4.01. The summed E-state index contributed by atoms with van der Waals surface area (Å²) in [5, 5.41) is 11.3. The summed E-state index contributed by atoms with van der Waals surface area (Å²) in [6, 6.07) is 12.1. The third-order valence-corrected chi connectivity index (χ3v) is 5.07. The molecule has 0 atom stereocenters. The number of ketones is 1. The number of carboxylic acids is 1. The van der Waals surface area contributed by atoms with Crippen LogP contribution in [0.4, 0.5) is 5.69 Å². The average Bonchev–Trinajstić information content (AvgIpc) is 2.60. The maximum absolute atomic E-state index is 12.7. The van der Waals surface area contributed by atoms with E-state index in [-0.39, 0.29) is 17.6 Å². The number of nitrogens with zero attached hydrogens (tertiary/aromatic N) is 1. The van der Waals surface area contributed by atoms with Gasteiger partial charge in [0, 0.05) is 31.3 Å². The van der Waals surface area contributed by atoms with Gasteiger partial charge in [-0.2, -0.15) is 0 Å². The van der Waals surface area contributed by atoms with E-state index < -0.39 is 5.97 Å². The number of hydrogen-bond acceptors (Lipinski definition) is 3. The lowest BCUT2D eigenvalue weighted by Gasteiger charge is -2.25. The molecule has 1 aliphatic rings. The topological polar surface area (TPSA) is 57.6 Å². The van der Waals surface area contributed by atoms with Gasteiger partial charge in [-0.25, -0.2) is 0 Å². The number of benzene rings is 2. The zero-order valence-corrected chi connectivity index (χ0v) is 14.2. The highest BCUT2D eigenvalue weighted by Crippen LogP contribution is 2.32. The monoisotopic (exact) mass is 325 g/mol. The van der Waals surface area contributed by atoms with Crippen LogP contribution in [-0.2, 0) is 4.79 Å². The normalized spacial score (nSPS) is 20.8. The third-order valence-electron chi connectivity index (χ3n) is 5.07. The zero-order chi connectivity index (χ0) is 17.3. The van der Waals surface area contributed by atoms with Gasteiger partial charge in [0.1, 0.15) is 0 Å². The smallest absolute Gasteiger partial charge is 0.306 e. The molecule has 0 aromatic heterocycles. The Balaban J connectivity index is 1.78. The predicted molar refractivity (Wildman–Crippen MR) is 95.7 cm³/mol. The van der Waals surface area contributed by atoms with Gasteiger partial charge in [-0.3, -0.25) is 9.59 Å². The second kappa shape index (κ2) is 6.63. The van der Waals surface area contributed by atoms with Crippen LogP contribution in [0.5, 0.6) is 0 Å². The molecule has 2 aromatic carbocycles. The maximum Gasteiger partial charge on any atom is 0.306 e. The van der Waals surface area contributed by atoms with Gasteiger partial charge in [0.2, 0.25) is 0 Å². The van der Waals surface area contributed by atoms with Crippen LogP contribution in [-0.4, -0.2) is 31.0 Å². The third kappa shape index (κ3) is 3.28. The van der Waals surface area contributed by atoms with Crippen molar-refractivity contribution in [3.8, 4) is 0 Å². The number of carbonyl (C=O) groups is 2. The first-order valence-corrected chi connectivity index (χ1v) is 8.44. The molecule has 0 aliphatic heterocycles. The van der Waals surface area contributed by atoms with Crippen LogP contribution in [0.3, 0.4) is 0 Å². The highest BCUT2D eigenvalue weighted by Gasteiger charge is 2.30. The number of Topliss-reactive ketones (excluding diaryl/α,β-unsaturated/α-hetero) is 1. The SMILES string of the molecule is CN(C)c1ccc2cc(C(=O)C3CCC(C(=O)O)CC3)ccc2c1. The summed E-state index contributed by atoms with van der Waals surface area (Å²) in [4.78, 5) is 25.8. The second-order valence-electron chi connectivity index (χ2n) is 6.89. The van der Waals surface area contributed by atoms with E-state index in [0.717, 1.165) is 22.0 Å². The van der Waals surface area contributed by atoms with E-state index >= 15 is 0 Å². The van der Waals surface area contributed by atoms with Crippen LogP contribution < -0.4 is 4.90 Å². The quantitative estimate of drug-likeness (QED) is 0.864. The molecule has 4 heteroatoms. The van der Waals surface area contributed by atoms with E-state index in [1.54, 1.807) is 0 Å². The van der Waals surface area contributed by atoms with Crippen LogP contribution in [0.25, 0.3) is 10.8 Å². The maximum atomic E-state index is 12.7. The summed E-state index contributed by atoms with van der Waals surface area (Å²) < 4.78 is 0. The van der Waals surface area contributed by atoms with Crippen LogP contribution in [0, 0.1) is 11.8 Å². The lowest BCUT2D eigenvalue weighted by Crippen LogP contribution is -2.25. The molecule has 1 N–H and O–H groups in total. The van der Waals surface area contributed by atoms with Crippen molar-refractivity contribution in [2.45, 2.75) is 25.7 Å². The molecule has 0 spiro atoms. The summed E-state index contributed by atoms with van der Waals surface area (Å²) in [6.07, 6.45) is 2.55. The lowest BCUT2D eigenvalue weighted by molar-refractivity contribution is -0.143. The second-order valence-corrected chi connectivity index (χ2v) is 6.89. The van der Waals surface area contributed by atoms with Crippen LogP contribution in [0.15, 0.2) is 36.4 Å². The van der Waals surface area contributed by atoms with Gasteiger partial charge >= 0.3 is 5.97 Å². The number of fused-ring (bicyclic) bond motifs is 1. The Bertz CT molecular complexity index is 774. The number of carbonyl (C=O) groups excluding carboxylic acids is 1. The number of anilines is 1. The average molecular weight is 325 g/mol. The lowest BCUT2D eigenvalue weighted by atomic mass is 9.78. The van der Waals surface area contributed by atoms with Crippen LogP contribution in [0.1, 0.15) is 36.0 Å². The van der Waals surface area contributed by atoms with Crippen molar-refractivity contribution in [3.63, 3.8) is 0 Å². The molecule has 0 radical (unpaired) electrons. The summed E-state index contributed by atoms with van der Waals surface area (Å²) in [5.41, 5.74) is 1.87. The Kier molecular flexibility index (Phi) is 4.56. The molecular formula is C20H23NO3. The Morgan fingerprint density at radius 3 is 2.12 bits per heavy atom. The highest BCUT2D eigenvalue weighted by atomic mass is 16.4. The van der Waals surface area contributed by atoms with Crippen molar-refractivity contribution in [1.82, 2.24) is 0 Å². The van der Waals surface area contributed by atoms with Gasteiger partial charge in [-0.05, 0) is 54.7 Å². The first-order valence-electron chi connectivity index (χ1n) is 8.44. The van der Waals surface area contributed by atoms with E-state index in [0.29, 0.717) is 25.7 Å². The molecule has 126 valence electrons. The van der Waals surface area contributed by atoms with Crippen molar-refractivity contribution >= 4 is 28.2 Å². The molecule has 24 heavy (non-hydrogen) atoms. The molecule has 2 aromatic rings. The van der Waals surface area contributed by atoms with E-state index in [4.69, 9.17) is 5.11 Å². The van der Waals surface area contributed by atoms with Gasteiger partial charge < -0.3 is 10.0 Å². The minimum absolute atomic E-state index is 0.0425. The molecule has 0 bridgehead atoms. The predicted octanol–water partition coefficient (Wildman–Crippen LogP) is 3.98. The highest BCUT2D eigenvalue weighted by molar-refractivity contribution is 6.01. The summed E-state index contributed by atoms with van der Waals surface area (Å²) in [6.45, 7) is 0. The molecule has 0 heterocycles. The standard InChI is InChI=1S/C20H23NO3/c1-21(2)18-10-9-15-11-17(8-7-16(15)12-18)19(22)13-3-5-14(6-4-13)20(23)24/h7-14H,3-6H2,1-2H3,(H,23,24). The fourth-order valence-electron chi connectivity index (χ4n) is 3.50. The largest absolute Gasteiger partial charge is 0.481 e. The number of aliphatic carboxylic acids is 1. The molecule has 1 fully saturated rings. The molecule has 3 rings (SSSR count). The Morgan fingerprint density at radius 2 is 1.50 bits per heavy atom. The molecule has 1 aliphatic carbocycles. The van der Waals surface area contributed by atoms with Crippen LogP contribution >= 0.6 is 0 Å². The molecule has 4 nitrogen and oxygen atoms in total. The van der Waals surface area contributed by atoms with Gasteiger partial charge in [0.15, 0.2) is 5.78 Å². The van der Waals surface area contributed by atoms with Gasteiger partial charge in [0.05, 0.1) is 5.92 Å². The number of carboxylic acid groups (broad SMARTS) is 1. The first-order chi connectivity index (χ1) is 11.5. The first kappa shape index (κ1) is 16.5. The van der Waals surface area contributed by atoms with E-state index in [2.05, 4.69) is 17.0 Å².